The molecule has 1 N–H and O–H groups in total. The van der Waals surface area contributed by atoms with Crippen molar-refractivity contribution < 1.29 is 27.1 Å². The molecule has 2 heterocycles. The van der Waals surface area contributed by atoms with Crippen LogP contribution in [0.2, 0.25) is 0 Å². The number of ether oxygens (including phenoxy) is 2. The Bertz CT molecular complexity index is 1470. The number of benzene rings is 2. The first-order valence-electron chi connectivity index (χ1n) is 11.0. The van der Waals surface area contributed by atoms with Gasteiger partial charge in [0.25, 0.3) is 5.91 Å². The lowest BCUT2D eigenvalue weighted by atomic mass is 10.1. The summed E-state index contributed by atoms with van der Waals surface area (Å²) in [6.07, 6.45) is 3.36. The molecule has 186 valence electrons. The Labute approximate surface area is 209 Å². The van der Waals surface area contributed by atoms with Gasteiger partial charge in [-0.05, 0) is 55.0 Å². The van der Waals surface area contributed by atoms with Crippen LogP contribution in [0.5, 0.6) is 11.5 Å². The van der Waals surface area contributed by atoms with E-state index in [0.29, 0.717) is 40.6 Å². The summed E-state index contributed by atoms with van der Waals surface area (Å²) in [7, 11) is -0.803. The Balaban J connectivity index is 1.47. The molecular weight excluding hydrogens is 482 g/mol. The number of sulfone groups is 1. The van der Waals surface area contributed by atoms with Crippen LogP contribution >= 0.6 is 0 Å². The van der Waals surface area contributed by atoms with E-state index in [1.54, 1.807) is 49.6 Å². The van der Waals surface area contributed by atoms with E-state index in [1.165, 1.54) is 26.4 Å². The molecule has 0 unspecified atom stereocenters. The van der Waals surface area contributed by atoms with Gasteiger partial charge in [0, 0.05) is 36.1 Å². The molecule has 1 amide bonds. The molecule has 0 aliphatic carbocycles. The molecule has 0 fully saturated rings. The van der Waals surface area contributed by atoms with E-state index in [4.69, 9.17) is 13.9 Å². The summed E-state index contributed by atoms with van der Waals surface area (Å²) in [4.78, 5) is 21.0. The Hall–Kier alpha value is -4.18. The Morgan fingerprint density at radius 2 is 1.78 bits per heavy atom. The van der Waals surface area contributed by atoms with Crippen molar-refractivity contribution in [3.8, 4) is 23.0 Å². The van der Waals surface area contributed by atoms with Crippen molar-refractivity contribution >= 4 is 15.7 Å². The number of methoxy groups -OCH3 is 2. The first-order valence-corrected chi connectivity index (χ1v) is 12.6. The second-order valence-electron chi connectivity index (χ2n) is 7.92. The smallest absolute Gasteiger partial charge is 0.251 e. The summed E-state index contributed by atoms with van der Waals surface area (Å²) in [6.45, 7) is 2.03. The Morgan fingerprint density at radius 1 is 1.03 bits per heavy atom. The zero-order valence-electron chi connectivity index (χ0n) is 20.0. The van der Waals surface area contributed by atoms with Gasteiger partial charge in [0.2, 0.25) is 5.89 Å². The van der Waals surface area contributed by atoms with Gasteiger partial charge in [-0.1, -0.05) is 6.07 Å². The number of amides is 1. The van der Waals surface area contributed by atoms with Crippen LogP contribution in [0.15, 0.2) is 76.3 Å². The van der Waals surface area contributed by atoms with Crippen LogP contribution in [-0.4, -0.2) is 38.5 Å². The largest absolute Gasteiger partial charge is 0.493 e. The van der Waals surface area contributed by atoms with Gasteiger partial charge in [0.15, 0.2) is 21.3 Å². The molecule has 0 aliphatic rings. The quantitative estimate of drug-likeness (QED) is 0.361. The van der Waals surface area contributed by atoms with Crippen LogP contribution in [0.1, 0.15) is 27.4 Å². The predicted octanol–water partition coefficient (Wildman–Crippen LogP) is 3.97. The van der Waals surface area contributed by atoms with Crippen LogP contribution in [0, 0.1) is 6.92 Å². The lowest BCUT2D eigenvalue weighted by Gasteiger charge is -2.09. The fourth-order valence-corrected chi connectivity index (χ4v) is 4.87. The summed E-state index contributed by atoms with van der Waals surface area (Å²) < 4.78 is 42.2. The minimum Gasteiger partial charge on any atom is -0.493 e. The lowest BCUT2D eigenvalue weighted by Crippen LogP contribution is -2.22. The first-order chi connectivity index (χ1) is 17.3. The number of rotatable bonds is 9. The highest BCUT2D eigenvalue weighted by Gasteiger charge is 2.22. The Morgan fingerprint density at radius 3 is 2.44 bits per heavy atom. The van der Waals surface area contributed by atoms with Gasteiger partial charge in [-0.15, -0.1) is 0 Å². The second-order valence-corrected chi connectivity index (χ2v) is 9.91. The van der Waals surface area contributed by atoms with Crippen LogP contribution in [0.4, 0.5) is 0 Å². The van der Waals surface area contributed by atoms with E-state index in [0.717, 1.165) is 5.56 Å². The van der Waals surface area contributed by atoms with Crippen LogP contribution in [-0.2, 0) is 22.1 Å². The standard InChI is InChI=1S/C26H25N3O6S/c1-17-22(16-36(31,32)21-10-11-23(33-2)24(13-21)34-3)29-26(35-17)20-8-6-19(7-9-20)25(30)28-15-18-5-4-12-27-14-18/h4-14H,15-16H2,1-3H3,(H,28,30). The lowest BCUT2D eigenvalue weighted by molar-refractivity contribution is 0.0951. The number of aromatic nitrogens is 2. The van der Waals surface area contributed by atoms with Gasteiger partial charge in [-0.25, -0.2) is 13.4 Å². The van der Waals surface area contributed by atoms with Crippen LogP contribution in [0.3, 0.4) is 0 Å². The molecule has 2 aromatic heterocycles. The van der Waals surface area contributed by atoms with E-state index in [-0.39, 0.29) is 22.4 Å². The third-order valence-corrected chi connectivity index (χ3v) is 7.13. The molecule has 0 radical (unpaired) electrons. The number of hydrogen-bond acceptors (Lipinski definition) is 8. The molecule has 0 saturated carbocycles. The predicted molar refractivity (Wildman–Crippen MR) is 133 cm³/mol. The molecular formula is C26H25N3O6S. The molecule has 0 atom stereocenters. The summed E-state index contributed by atoms with van der Waals surface area (Å²) in [6, 6.07) is 14.8. The molecule has 0 bridgehead atoms. The molecule has 4 rings (SSSR count). The highest BCUT2D eigenvalue weighted by Crippen LogP contribution is 2.31. The molecule has 10 heteroatoms. The molecule has 2 aromatic carbocycles. The number of hydrogen-bond donors (Lipinski definition) is 1. The first kappa shape index (κ1) is 24.9. The molecule has 36 heavy (non-hydrogen) atoms. The average molecular weight is 508 g/mol. The maximum absolute atomic E-state index is 13.0. The minimum atomic E-state index is -3.72. The van der Waals surface area contributed by atoms with Crippen molar-refractivity contribution in [2.75, 3.05) is 14.2 Å². The van der Waals surface area contributed by atoms with Gasteiger partial charge < -0.3 is 19.2 Å². The highest BCUT2D eigenvalue weighted by atomic mass is 32.2. The average Bonchev–Trinajstić information content (AvgIpc) is 3.26. The molecule has 9 nitrogen and oxygen atoms in total. The van der Waals surface area contributed by atoms with Gasteiger partial charge in [-0.2, -0.15) is 0 Å². The molecule has 0 saturated heterocycles. The van der Waals surface area contributed by atoms with Gasteiger partial charge in [0.05, 0.1) is 24.8 Å². The normalized spacial score (nSPS) is 11.2. The number of pyridine rings is 1. The van der Waals surface area contributed by atoms with Crippen LogP contribution < -0.4 is 14.8 Å². The van der Waals surface area contributed by atoms with Gasteiger partial charge >= 0.3 is 0 Å². The van der Waals surface area contributed by atoms with Crippen molar-refractivity contribution in [3.05, 3.63) is 89.6 Å². The maximum Gasteiger partial charge on any atom is 0.251 e. The van der Waals surface area contributed by atoms with Crippen molar-refractivity contribution in [3.63, 3.8) is 0 Å². The number of nitrogens with one attached hydrogen (secondary N) is 1. The summed E-state index contributed by atoms with van der Waals surface area (Å²) in [5, 5.41) is 2.84. The number of oxazole rings is 1. The number of nitrogens with zero attached hydrogens (tertiary/aromatic N) is 2. The topological polar surface area (TPSA) is 121 Å². The third-order valence-electron chi connectivity index (χ3n) is 5.50. The second kappa shape index (κ2) is 10.6. The number of carbonyl (C=O) groups is 1. The highest BCUT2D eigenvalue weighted by molar-refractivity contribution is 7.90. The zero-order chi connectivity index (χ0) is 25.7. The summed E-state index contributed by atoms with van der Waals surface area (Å²) >= 11 is 0. The fourth-order valence-electron chi connectivity index (χ4n) is 3.51. The van der Waals surface area contributed by atoms with E-state index in [1.807, 2.05) is 12.1 Å². The van der Waals surface area contributed by atoms with Crippen molar-refractivity contribution in [2.45, 2.75) is 24.1 Å². The van der Waals surface area contributed by atoms with Crippen molar-refractivity contribution in [1.82, 2.24) is 15.3 Å². The molecule has 0 spiro atoms. The monoisotopic (exact) mass is 507 g/mol. The van der Waals surface area contributed by atoms with Crippen molar-refractivity contribution in [1.29, 1.82) is 0 Å². The summed E-state index contributed by atoms with van der Waals surface area (Å²) in [5.41, 5.74) is 2.30. The van der Waals surface area contributed by atoms with Gasteiger partial charge in [-0.3, -0.25) is 9.78 Å². The van der Waals surface area contributed by atoms with Gasteiger partial charge in [0.1, 0.15) is 11.5 Å². The third kappa shape index (κ3) is 5.55. The van der Waals surface area contributed by atoms with E-state index in [9.17, 15) is 13.2 Å². The van der Waals surface area contributed by atoms with E-state index >= 15 is 0 Å². The zero-order valence-corrected chi connectivity index (χ0v) is 20.8. The van der Waals surface area contributed by atoms with Crippen LogP contribution in [0.25, 0.3) is 11.5 Å². The Kier molecular flexibility index (Phi) is 7.35. The molecule has 4 aromatic rings. The molecule has 0 aliphatic heterocycles. The number of carbonyl (C=O) groups excluding carboxylic acids is 1. The minimum absolute atomic E-state index is 0.0887. The maximum atomic E-state index is 13.0. The fraction of sp³-hybridized carbons (Fsp3) is 0.192. The SMILES string of the molecule is COc1ccc(S(=O)(=O)Cc2nc(-c3ccc(C(=O)NCc4cccnc4)cc3)oc2C)cc1OC. The van der Waals surface area contributed by atoms with E-state index in [2.05, 4.69) is 15.3 Å². The van der Waals surface area contributed by atoms with Crippen molar-refractivity contribution in [2.24, 2.45) is 0 Å². The number of aryl methyl sites for hydroxylation is 1. The summed E-state index contributed by atoms with van der Waals surface area (Å²) in [5.74, 6) is 0.855. The van der Waals surface area contributed by atoms with E-state index < -0.39 is 9.84 Å².